The van der Waals surface area contributed by atoms with Crippen LogP contribution in [0.4, 0.5) is 0 Å². The summed E-state index contributed by atoms with van der Waals surface area (Å²) in [7, 11) is 0. The maximum absolute atomic E-state index is 5.70. The minimum atomic E-state index is -0.121. The zero-order valence-electron chi connectivity index (χ0n) is 11.1. The van der Waals surface area contributed by atoms with Gasteiger partial charge >= 0.3 is 0 Å². The highest BCUT2D eigenvalue weighted by atomic mass is 32.1. The number of aliphatic imine (C=N–C) groups is 1. The van der Waals surface area contributed by atoms with Crippen molar-refractivity contribution in [1.82, 2.24) is 0 Å². The third-order valence-corrected chi connectivity index (χ3v) is 4.98. The van der Waals surface area contributed by atoms with Crippen molar-refractivity contribution in [3.8, 4) is 11.1 Å². The van der Waals surface area contributed by atoms with Crippen LogP contribution in [0.15, 0.2) is 40.0 Å². The second-order valence-electron chi connectivity index (χ2n) is 5.60. The van der Waals surface area contributed by atoms with E-state index in [1.54, 1.807) is 11.3 Å². The normalized spacial score (nSPS) is 24.3. The molecule has 1 atom stereocenters. The summed E-state index contributed by atoms with van der Waals surface area (Å²) >= 11 is 1.75. The average molecular weight is 284 g/mol. The van der Waals surface area contributed by atoms with Crippen LogP contribution in [0.25, 0.3) is 11.1 Å². The molecule has 1 aliphatic heterocycles. The molecule has 102 valence electrons. The van der Waals surface area contributed by atoms with E-state index in [0.29, 0.717) is 12.6 Å². The monoisotopic (exact) mass is 284 g/mol. The lowest BCUT2D eigenvalue weighted by molar-refractivity contribution is 0.235. The highest BCUT2D eigenvalue weighted by molar-refractivity contribution is 7.08. The van der Waals surface area contributed by atoms with E-state index < -0.39 is 0 Å². The summed E-state index contributed by atoms with van der Waals surface area (Å²) in [4.78, 5) is 4.55. The van der Waals surface area contributed by atoms with Gasteiger partial charge in [0, 0.05) is 6.42 Å². The Morgan fingerprint density at radius 3 is 3.00 bits per heavy atom. The third kappa shape index (κ3) is 1.83. The fraction of sp³-hybridized carbons (Fsp3) is 0.312. The number of nitrogens with zero attached hydrogens (tertiary/aromatic N) is 1. The van der Waals surface area contributed by atoms with Gasteiger partial charge in [-0.05, 0) is 51.9 Å². The molecule has 2 heterocycles. The Kier molecular flexibility index (Phi) is 2.60. The van der Waals surface area contributed by atoms with E-state index in [1.165, 1.54) is 22.3 Å². The SMILES string of the molecule is NC1=N[C@@]2(CCc3c(cccc3-c3ccsc3)C2)CO1. The lowest BCUT2D eigenvalue weighted by atomic mass is 9.77. The van der Waals surface area contributed by atoms with Crippen LogP contribution in [0, 0.1) is 0 Å². The highest BCUT2D eigenvalue weighted by Gasteiger charge is 2.39. The topological polar surface area (TPSA) is 47.6 Å². The van der Waals surface area contributed by atoms with Crippen LogP contribution in [-0.2, 0) is 17.6 Å². The molecule has 2 aromatic rings. The smallest absolute Gasteiger partial charge is 0.282 e. The number of hydrogen-bond donors (Lipinski definition) is 1. The van der Waals surface area contributed by atoms with Gasteiger partial charge in [0.25, 0.3) is 6.02 Å². The second-order valence-corrected chi connectivity index (χ2v) is 6.38. The van der Waals surface area contributed by atoms with Gasteiger partial charge in [-0.1, -0.05) is 18.2 Å². The van der Waals surface area contributed by atoms with Crippen molar-refractivity contribution in [2.75, 3.05) is 6.61 Å². The van der Waals surface area contributed by atoms with Gasteiger partial charge in [-0.25, -0.2) is 4.99 Å². The first kappa shape index (κ1) is 12.0. The molecule has 0 fully saturated rings. The Bertz CT molecular complexity index is 678. The number of ether oxygens (including phenoxy) is 1. The van der Waals surface area contributed by atoms with Crippen molar-refractivity contribution in [2.45, 2.75) is 24.8 Å². The molecular formula is C16H16N2OS. The van der Waals surface area contributed by atoms with Gasteiger partial charge in [-0.3, -0.25) is 0 Å². The van der Waals surface area contributed by atoms with Gasteiger partial charge < -0.3 is 10.5 Å². The van der Waals surface area contributed by atoms with Crippen LogP contribution < -0.4 is 5.73 Å². The van der Waals surface area contributed by atoms with Gasteiger partial charge in [0.2, 0.25) is 0 Å². The van der Waals surface area contributed by atoms with Crippen molar-refractivity contribution in [3.05, 3.63) is 46.2 Å². The van der Waals surface area contributed by atoms with Crippen LogP contribution in [0.5, 0.6) is 0 Å². The molecular weight excluding hydrogens is 268 g/mol. The fourth-order valence-corrected chi connectivity index (χ4v) is 3.97. The average Bonchev–Trinajstić information content (AvgIpc) is 3.09. The van der Waals surface area contributed by atoms with Crippen LogP contribution >= 0.6 is 11.3 Å². The Morgan fingerprint density at radius 1 is 1.30 bits per heavy atom. The molecule has 3 nitrogen and oxygen atoms in total. The largest absolute Gasteiger partial charge is 0.463 e. The van der Waals surface area contributed by atoms with E-state index in [9.17, 15) is 0 Å². The van der Waals surface area contributed by atoms with Gasteiger partial charge in [0.05, 0.1) is 0 Å². The van der Waals surface area contributed by atoms with Gasteiger partial charge in [0.15, 0.2) is 0 Å². The van der Waals surface area contributed by atoms with E-state index >= 15 is 0 Å². The number of fused-ring (bicyclic) bond motifs is 1. The Morgan fingerprint density at radius 2 is 2.25 bits per heavy atom. The lowest BCUT2D eigenvalue weighted by Gasteiger charge is -2.31. The standard InChI is InChI=1S/C16H16N2OS/c17-15-18-16(10-19-15)6-4-14-11(8-16)2-1-3-13(14)12-5-7-20-9-12/h1-3,5,7,9H,4,6,8,10H2,(H2,17,18)/t16-/m1/s1. The molecule has 1 aromatic heterocycles. The predicted molar refractivity (Wildman–Crippen MR) is 82.1 cm³/mol. The van der Waals surface area contributed by atoms with E-state index in [2.05, 4.69) is 40.0 Å². The van der Waals surface area contributed by atoms with Crippen molar-refractivity contribution < 1.29 is 4.74 Å². The molecule has 4 rings (SSSR count). The number of nitrogens with two attached hydrogens (primary N) is 1. The third-order valence-electron chi connectivity index (χ3n) is 4.30. The summed E-state index contributed by atoms with van der Waals surface area (Å²) in [6.07, 6.45) is 2.99. The minimum absolute atomic E-state index is 0.121. The number of amidine groups is 1. The first-order valence-electron chi connectivity index (χ1n) is 6.87. The zero-order chi connectivity index (χ0) is 13.6. The van der Waals surface area contributed by atoms with Crippen molar-refractivity contribution >= 4 is 17.4 Å². The number of rotatable bonds is 1. The van der Waals surface area contributed by atoms with Crippen molar-refractivity contribution in [1.29, 1.82) is 0 Å². The summed E-state index contributed by atoms with van der Waals surface area (Å²) in [5, 5.41) is 4.35. The van der Waals surface area contributed by atoms with E-state index in [0.717, 1.165) is 19.3 Å². The Balaban J connectivity index is 1.76. The number of thiophene rings is 1. The molecule has 4 heteroatoms. The minimum Gasteiger partial charge on any atom is -0.463 e. The highest BCUT2D eigenvalue weighted by Crippen LogP contribution is 2.39. The quantitative estimate of drug-likeness (QED) is 0.875. The summed E-state index contributed by atoms with van der Waals surface area (Å²) in [6, 6.07) is 9.13. The molecule has 20 heavy (non-hydrogen) atoms. The van der Waals surface area contributed by atoms with Gasteiger partial charge in [-0.15, -0.1) is 0 Å². The van der Waals surface area contributed by atoms with Gasteiger partial charge in [-0.2, -0.15) is 11.3 Å². The Labute approximate surface area is 122 Å². The summed E-state index contributed by atoms with van der Waals surface area (Å²) in [5.74, 6) is 0. The summed E-state index contributed by atoms with van der Waals surface area (Å²) in [5.41, 5.74) is 11.1. The predicted octanol–water partition coefficient (Wildman–Crippen LogP) is 2.99. The van der Waals surface area contributed by atoms with E-state index in [4.69, 9.17) is 10.5 Å². The maximum Gasteiger partial charge on any atom is 0.282 e. The van der Waals surface area contributed by atoms with Crippen molar-refractivity contribution in [3.63, 3.8) is 0 Å². The fourth-order valence-electron chi connectivity index (χ4n) is 3.31. The first-order valence-corrected chi connectivity index (χ1v) is 7.82. The second kappa shape index (κ2) is 4.35. The molecule has 1 aromatic carbocycles. The molecule has 0 saturated carbocycles. The van der Waals surface area contributed by atoms with Crippen LogP contribution in [0.1, 0.15) is 17.5 Å². The van der Waals surface area contributed by atoms with Crippen molar-refractivity contribution in [2.24, 2.45) is 10.7 Å². The Hall–Kier alpha value is -1.81. The van der Waals surface area contributed by atoms with E-state index in [1.807, 2.05) is 0 Å². The van der Waals surface area contributed by atoms with Crippen LogP contribution in [-0.4, -0.2) is 18.2 Å². The molecule has 1 aliphatic carbocycles. The number of benzene rings is 1. The number of hydrogen-bond acceptors (Lipinski definition) is 4. The zero-order valence-corrected chi connectivity index (χ0v) is 12.0. The van der Waals surface area contributed by atoms with Crippen LogP contribution in [0.2, 0.25) is 0 Å². The molecule has 0 unspecified atom stereocenters. The summed E-state index contributed by atoms with van der Waals surface area (Å²) < 4.78 is 5.39. The molecule has 2 aliphatic rings. The van der Waals surface area contributed by atoms with E-state index in [-0.39, 0.29) is 5.54 Å². The lowest BCUT2D eigenvalue weighted by Crippen LogP contribution is -2.35. The molecule has 0 radical (unpaired) electrons. The molecule has 0 bridgehead atoms. The molecule has 0 amide bonds. The van der Waals surface area contributed by atoms with Crippen LogP contribution in [0.3, 0.4) is 0 Å². The maximum atomic E-state index is 5.70. The van der Waals surface area contributed by atoms with Gasteiger partial charge in [0.1, 0.15) is 12.1 Å². The molecule has 2 N–H and O–H groups in total. The summed E-state index contributed by atoms with van der Waals surface area (Å²) in [6.45, 7) is 0.626. The molecule has 1 spiro atoms. The first-order chi connectivity index (χ1) is 9.76. The molecule has 0 saturated heterocycles.